The number of carbonyl (C=O) groups excluding carboxylic acids is 2. The Morgan fingerprint density at radius 1 is 1.03 bits per heavy atom. The molecule has 7 nitrogen and oxygen atoms in total. The largest absolute Gasteiger partial charge is 0.444 e. The van der Waals surface area contributed by atoms with Gasteiger partial charge in [-0.25, -0.2) is 4.79 Å². The highest BCUT2D eigenvalue weighted by Crippen LogP contribution is 2.22. The normalized spacial score (nSPS) is 12.3. The molecule has 0 saturated heterocycles. The maximum atomic E-state index is 13.2. The molecule has 0 radical (unpaired) electrons. The molecule has 212 valence electrons. The number of carbonyl (C=O) groups is 2. The van der Waals surface area contributed by atoms with Crippen molar-refractivity contribution in [3.8, 4) is 0 Å². The van der Waals surface area contributed by atoms with E-state index in [1.54, 1.807) is 20.8 Å². The van der Waals surface area contributed by atoms with Gasteiger partial charge in [0.1, 0.15) is 11.6 Å². The molecule has 9 heteroatoms. The van der Waals surface area contributed by atoms with Gasteiger partial charge in [-0.2, -0.15) is 0 Å². The zero-order valence-electron chi connectivity index (χ0n) is 23.3. The van der Waals surface area contributed by atoms with Crippen LogP contribution in [0.25, 0.3) is 10.9 Å². The van der Waals surface area contributed by atoms with Crippen molar-refractivity contribution < 1.29 is 14.3 Å². The van der Waals surface area contributed by atoms with Gasteiger partial charge in [0.15, 0.2) is 0 Å². The average Bonchev–Trinajstić information content (AvgIpc) is 3.20. The van der Waals surface area contributed by atoms with Crippen LogP contribution < -0.4 is 15.5 Å². The number of aryl methyl sites for hydroxylation is 2. The first kappa shape index (κ1) is 30.6. The number of alkyl halides is 2. The molecule has 0 saturated carbocycles. The number of nitrogens with one attached hydrogen (secondary N) is 2. The number of para-hydroxylation sites is 1. The van der Waals surface area contributed by atoms with Gasteiger partial charge < -0.3 is 24.8 Å². The number of nitrogens with zero attached hydrogens (tertiary/aromatic N) is 2. The van der Waals surface area contributed by atoms with Crippen molar-refractivity contribution >= 4 is 51.8 Å². The number of rotatable bonds is 13. The third kappa shape index (κ3) is 9.36. The summed E-state index contributed by atoms with van der Waals surface area (Å²) in [6.07, 6.45) is 3.34. The standard InChI is InChI=1S/C30H40Cl2N4O3/c1-30(2,3)39-29(38)34-26(20-23-21-35(4)27-10-6-5-9-25(23)27)28(37)33-17-7-8-22-11-13-24(14-12-22)36(18-15-31)19-16-32/h5-6,9-14,21,26H,7-8,15-20H2,1-4H3,(H,33,37)(H,34,38)/t26-/m0/s1. The van der Waals surface area contributed by atoms with Crippen molar-refractivity contribution in [3.63, 3.8) is 0 Å². The second-order valence-electron chi connectivity index (χ2n) is 10.6. The van der Waals surface area contributed by atoms with Gasteiger partial charge in [-0.1, -0.05) is 30.3 Å². The Bertz CT molecular complexity index is 1220. The summed E-state index contributed by atoms with van der Waals surface area (Å²) in [7, 11) is 1.97. The van der Waals surface area contributed by atoms with Gasteiger partial charge in [0.2, 0.25) is 5.91 Å². The fourth-order valence-electron chi connectivity index (χ4n) is 4.54. The summed E-state index contributed by atoms with van der Waals surface area (Å²) in [6.45, 7) is 7.38. The van der Waals surface area contributed by atoms with Gasteiger partial charge in [-0.3, -0.25) is 4.79 Å². The Labute approximate surface area is 241 Å². The molecule has 0 aliphatic heterocycles. The van der Waals surface area contributed by atoms with E-state index >= 15 is 0 Å². The van der Waals surface area contributed by atoms with Crippen molar-refractivity contribution in [1.82, 2.24) is 15.2 Å². The summed E-state index contributed by atoms with van der Waals surface area (Å²) < 4.78 is 7.47. The fraction of sp³-hybridized carbons (Fsp3) is 0.467. The van der Waals surface area contributed by atoms with Gasteiger partial charge in [0.05, 0.1) is 0 Å². The molecule has 2 N–H and O–H groups in total. The minimum Gasteiger partial charge on any atom is -0.444 e. The molecular formula is C30H40Cl2N4O3. The molecule has 2 aromatic carbocycles. The van der Waals surface area contributed by atoms with E-state index in [-0.39, 0.29) is 5.91 Å². The third-order valence-electron chi connectivity index (χ3n) is 6.36. The van der Waals surface area contributed by atoms with Gasteiger partial charge in [-0.15, -0.1) is 23.2 Å². The lowest BCUT2D eigenvalue weighted by Crippen LogP contribution is -2.49. The minimum absolute atomic E-state index is 0.234. The van der Waals surface area contributed by atoms with Crippen LogP contribution in [0.15, 0.2) is 54.7 Å². The molecule has 0 aliphatic carbocycles. The number of hydrogen-bond donors (Lipinski definition) is 2. The SMILES string of the molecule is Cn1cc(C[C@H](NC(=O)OC(C)(C)C)C(=O)NCCCc2ccc(N(CCCl)CCCl)cc2)c2ccccc21. The number of amides is 2. The molecule has 0 fully saturated rings. The highest BCUT2D eigenvalue weighted by Gasteiger charge is 2.25. The van der Waals surface area contributed by atoms with E-state index in [4.69, 9.17) is 27.9 Å². The van der Waals surface area contributed by atoms with Gasteiger partial charge in [-0.05, 0) is 62.9 Å². The number of fused-ring (bicyclic) bond motifs is 1. The van der Waals surface area contributed by atoms with Crippen LogP contribution in [0.1, 0.15) is 38.3 Å². The fourth-order valence-corrected chi connectivity index (χ4v) is 4.95. The lowest BCUT2D eigenvalue weighted by molar-refractivity contribution is -0.123. The van der Waals surface area contributed by atoms with E-state index in [0.29, 0.717) is 24.7 Å². The van der Waals surface area contributed by atoms with Crippen LogP contribution in [0.5, 0.6) is 0 Å². The number of benzene rings is 2. The van der Waals surface area contributed by atoms with Crippen molar-refractivity contribution in [2.75, 3.05) is 36.3 Å². The summed E-state index contributed by atoms with van der Waals surface area (Å²) >= 11 is 11.8. The predicted octanol–water partition coefficient (Wildman–Crippen LogP) is 5.65. The summed E-state index contributed by atoms with van der Waals surface area (Å²) in [6, 6.07) is 15.6. The molecule has 1 aromatic heterocycles. The van der Waals surface area contributed by atoms with E-state index in [2.05, 4.69) is 39.8 Å². The van der Waals surface area contributed by atoms with Crippen molar-refractivity contribution in [2.45, 2.75) is 51.7 Å². The molecule has 0 unspecified atom stereocenters. The maximum Gasteiger partial charge on any atom is 0.408 e. The Balaban J connectivity index is 1.60. The number of halogens is 2. The second-order valence-corrected chi connectivity index (χ2v) is 11.4. The molecule has 3 aromatic rings. The van der Waals surface area contributed by atoms with Crippen molar-refractivity contribution in [2.24, 2.45) is 7.05 Å². The van der Waals surface area contributed by atoms with Crippen LogP contribution in [0.3, 0.4) is 0 Å². The van der Waals surface area contributed by atoms with Crippen LogP contribution in [0.4, 0.5) is 10.5 Å². The highest BCUT2D eigenvalue weighted by atomic mass is 35.5. The number of ether oxygens (including phenoxy) is 1. The summed E-state index contributed by atoms with van der Waals surface area (Å²) in [5.74, 6) is 0.854. The molecule has 3 rings (SSSR count). The van der Waals surface area contributed by atoms with Crippen LogP contribution in [0, 0.1) is 0 Å². The minimum atomic E-state index is -0.764. The Kier molecular flexibility index (Phi) is 11.4. The smallest absolute Gasteiger partial charge is 0.408 e. The first-order chi connectivity index (χ1) is 18.6. The lowest BCUT2D eigenvalue weighted by Gasteiger charge is -2.23. The van der Waals surface area contributed by atoms with E-state index < -0.39 is 17.7 Å². The summed E-state index contributed by atoms with van der Waals surface area (Å²) in [4.78, 5) is 28.0. The maximum absolute atomic E-state index is 13.2. The van der Waals surface area contributed by atoms with Crippen LogP contribution in [0.2, 0.25) is 0 Å². The first-order valence-corrected chi connectivity index (χ1v) is 14.4. The molecule has 0 spiro atoms. The Morgan fingerprint density at radius 2 is 1.69 bits per heavy atom. The number of anilines is 1. The monoisotopic (exact) mass is 574 g/mol. The zero-order valence-corrected chi connectivity index (χ0v) is 24.8. The number of alkyl carbamates (subject to hydrolysis) is 1. The van der Waals surface area contributed by atoms with E-state index in [0.717, 1.165) is 48.1 Å². The first-order valence-electron chi connectivity index (χ1n) is 13.4. The second kappa shape index (κ2) is 14.5. The molecule has 2 amide bonds. The van der Waals surface area contributed by atoms with Crippen molar-refractivity contribution in [3.05, 3.63) is 65.9 Å². The molecule has 1 heterocycles. The topological polar surface area (TPSA) is 75.6 Å². The average molecular weight is 576 g/mol. The molecule has 0 bridgehead atoms. The van der Waals surface area contributed by atoms with Gasteiger partial charge in [0.25, 0.3) is 0 Å². The molecule has 0 aliphatic rings. The number of hydrogen-bond acceptors (Lipinski definition) is 4. The highest BCUT2D eigenvalue weighted by molar-refractivity contribution is 6.18. The molecule has 1 atom stereocenters. The predicted molar refractivity (Wildman–Crippen MR) is 161 cm³/mol. The van der Waals surface area contributed by atoms with Gasteiger partial charge in [0, 0.05) is 67.6 Å². The molecular weight excluding hydrogens is 535 g/mol. The van der Waals surface area contributed by atoms with Crippen molar-refractivity contribution in [1.29, 1.82) is 0 Å². The summed E-state index contributed by atoms with van der Waals surface area (Å²) in [5, 5.41) is 6.85. The van der Waals surface area contributed by atoms with E-state index in [1.807, 2.05) is 42.1 Å². The van der Waals surface area contributed by atoms with Crippen LogP contribution in [-0.4, -0.2) is 59.6 Å². The zero-order chi connectivity index (χ0) is 28.4. The molecule has 39 heavy (non-hydrogen) atoms. The quantitative estimate of drug-likeness (QED) is 0.204. The number of aromatic nitrogens is 1. The van der Waals surface area contributed by atoms with Gasteiger partial charge >= 0.3 is 6.09 Å². The van der Waals surface area contributed by atoms with E-state index in [9.17, 15) is 9.59 Å². The Hall–Kier alpha value is -2.90. The lowest BCUT2D eigenvalue weighted by atomic mass is 10.0. The third-order valence-corrected chi connectivity index (χ3v) is 6.70. The summed E-state index contributed by atoms with van der Waals surface area (Å²) in [5.41, 5.74) is 3.68. The van der Waals surface area contributed by atoms with Crippen LogP contribution >= 0.6 is 23.2 Å². The van der Waals surface area contributed by atoms with Crippen LogP contribution in [-0.2, 0) is 29.4 Å². The van der Waals surface area contributed by atoms with E-state index in [1.165, 1.54) is 5.56 Å². The Morgan fingerprint density at radius 3 is 2.33 bits per heavy atom.